The first-order chi connectivity index (χ1) is 15.8. The highest BCUT2D eigenvalue weighted by Crippen LogP contribution is 2.29. The van der Waals surface area contributed by atoms with Crippen molar-refractivity contribution < 1.29 is 33.0 Å². The number of benzene rings is 2. The van der Waals surface area contributed by atoms with E-state index in [9.17, 15) is 18.8 Å². The molecule has 2 aromatic rings. The smallest absolute Gasteiger partial charge is 0.338 e. The van der Waals surface area contributed by atoms with Crippen molar-refractivity contribution in [3.8, 4) is 5.75 Å². The number of nitrogens with one attached hydrogen (secondary N) is 2. The summed E-state index contributed by atoms with van der Waals surface area (Å²) >= 11 is 5.94. The molecule has 1 aliphatic heterocycles. The summed E-state index contributed by atoms with van der Waals surface area (Å²) < 4.78 is 29.1. The molecule has 1 unspecified atom stereocenters. The topological polar surface area (TPSA) is 103 Å². The summed E-state index contributed by atoms with van der Waals surface area (Å²) in [6.07, 6.45) is -0.213. The third-order valence-electron chi connectivity index (χ3n) is 4.79. The zero-order valence-electron chi connectivity index (χ0n) is 17.9. The van der Waals surface area contributed by atoms with E-state index < -0.39 is 29.8 Å². The lowest BCUT2D eigenvalue weighted by molar-refractivity contribution is -0.143. The van der Waals surface area contributed by atoms with E-state index in [1.165, 1.54) is 25.3 Å². The molecule has 0 aromatic heterocycles. The van der Waals surface area contributed by atoms with E-state index in [2.05, 4.69) is 10.6 Å². The van der Waals surface area contributed by atoms with E-state index in [4.69, 9.17) is 25.8 Å². The van der Waals surface area contributed by atoms with Gasteiger partial charge in [-0.05, 0) is 42.3 Å². The summed E-state index contributed by atoms with van der Waals surface area (Å²) in [5, 5.41) is 5.67. The molecule has 0 radical (unpaired) electrons. The van der Waals surface area contributed by atoms with Gasteiger partial charge in [-0.1, -0.05) is 29.8 Å². The first-order valence-electron chi connectivity index (χ1n) is 10.0. The van der Waals surface area contributed by atoms with Crippen LogP contribution in [-0.2, 0) is 25.5 Å². The van der Waals surface area contributed by atoms with Crippen LogP contribution < -0.4 is 15.4 Å². The SMILES string of the molecule is CCOC(=O)C1=C(COC(=O)Cc2ccc(OC)c(F)c2)NC(=O)NC1c1ccc(Cl)cc1. The molecule has 0 saturated heterocycles. The number of carbonyl (C=O) groups is 3. The molecule has 1 atom stereocenters. The summed E-state index contributed by atoms with van der Waals surface area (Å²) in [6, 6.07) is 9.29. The summed E-state index contributed by atoms with van der Waals surface area (Å²) in [7, 11) is 1.34. The Morgan fingerprint density at radius 1 is 1.12 bits per heavy atom. The van der Waals surface area contributed by atoms with Gasteiger partial charge in [0.15, 0.2) is 11.6 Å². The van der Waals surface area contributed by atoms with Gasteiger partial charge in [-0.25, -0.2) is 14.0 Å². The molecular formula is C23H22ClFN2O6. The van der Waals surface area contributed by atoms with Gasteiger partial charge in [0.1, 0.15) is 6.61 Å². The van der Waals surface area contributed by atoms with Crippen LogP contribution in [-0.4, -0.2) is 38.3 Å². The molecule has 1 aliphatic rings. The van der Waals surface area contributed by atoms with Gasteiger partial charge < -0.3 is 24.8 Å². The number of esters is 2. The van der Waals surface area contributed by atoms with Gasteiger partial charge in [-0.3, -0.25) is 4.79 Å². The number of rotatable bonds is 8. The summed E-state index contributed by atoms with van der Waals surface area (Å²) in [4.78, 5) is 37.3. The second kappa shape index (κ2) is 10.8. The van der Waals surface area contributed by atoms with Gasteiger partial charge >= 0.3 is 18.0 Å². The fourth-order valence-electron chi connectivity index (χ4n) is 3.28. The summed E-state index contributed by atoms with van der Waals surface area (Å²) in [5.74, 6) is -1.90. The number of carbonyl (C=O) groups excluding carboxylic acids is 3. The predicted molar refractivity (Wildman–Crippen MR) is 117 cm³/mol. The molecule has 0 fully saturated rings. The highest BCUT2D eigenvalue weighted by atomic mass is 35.5. The maximum Gasteiger partial charge on any atom is 0.338 e. The van der Waals surface area contributed by atoms with E-state index in [0.29, 0.717) is 16.1 Å². The van der Waals surface area contributed by atoms with Crippen molar-refractivity contribution in [1.29, 1.82) is 0 Å². The van der Waals surface area contributed by atoms with Crippen LogP contribution in [0.15, 0.2) is 53.7 Å². The molecule has 2 amide bonds. The highest BCUT2D eigenvalue weighted by molar-refractivity contribution is 6.30. The number of halogens is 2. The molecule has 33 heavy (non-hydrogen) atoms. The molecule has 8 nitrogen and oxygen atoms in total. The monoisotopic (exact) mass is 476 g/mol. The fraction of sp³-hybridized carbons (Fsp3) is 0.261. The van der Waals surface area contributed by atoms with Crippen LogP contribution in [0.25, 0.3) is 0 Å². The molecule has 0 aliphatic carbocycles. The zero-order chi connectivity index (χ0) is 24.0. The van der Waals surface area contributed by atoms with Gasteiger partial charge in [0.05, 0.1) is 37.4 Å². The van der Waals surface area contributed by atoms with E-state index >= 15 is 0 Å². The van der Waals surface area contributed by atoms with Crippen LogP contribution in [0, 0.1) is 5.82 Å². The molecule has 1 heterocycles. The van der Waals surface area contributed by atoms with Crippen molar-refractivity contribution in [1.82, 2.24) is 10.6 Å². The maximum atomic E-state index is 13.9. The fourth-order valence-corrected chi connectivity index (χ4v) is 3.40. The number of ether oxygens (including phenoxy) is 3. The molecular weight excluding hydrogens is 455 g/mol. The molecule has 0 saturated carbocycles. The average molecular weight is 477 g/mol. The molecule has 0 bridgehead atoms. The molecule has 0 spiro atoms. The Kier molecular flexibility index (Phi) is 7.89. The third-order valence-corrected chi connectivity index (χ3v) is 5.05. The zero-order valence-corrected chi connectivity index (χ0v) is 18.7. The maximum absolute atomic E-state index is 13.9. The van der Waals surface area contributed by atoms with Crippen molar-refractivity contribution in [2.75, 3.05) is 20.3 Å². The Morgan fingerprint density at radius 3 is 2.48 bits per heavy atom. The minimum absolute atomic E-state index is 0.0574. The molecule has 3 rings (SSSR count). The van der Waals surface area contributed by atoms with Crippen LogP contribution in [0.3, 0.4) is 0 Å². The first kappa shape index (κ1) is 24.1. The lowest BCUT2D eigenvalue weighted by atomic mass is 9.95. The van der Waals surface area contributed by atoms with Crippen LogP contribution in [0.5, 0.6) is 5.75 Å². The largest absolute Gasteiger partial charge is 0.494 e. The Balaban J connectivity index is 1.82. The van der Waals surface area contributed by atoms with Crippen LogP contribution >= 0.6 is 11.6 Å². The van der Waals surface area contributed by atoms with Crippen molar-refractivity contribution in [2.45, 2.75) is 19.4 Å². The Bertz CT molecular complexity index is 1090. The lowest BCUT2D eigenvalue weighted by Gasteiger charge is -2.29. The second-order valence-corrected chi connectivity index (χ2v) is 7.44. The Labute approximate surface area is 194 Å². The van der Waals surface area contributed by atoms with Gasteiger partial charge in [-0.15, -0.1) is 0 Å². The number of amides is 2. The normalized spacial score (nSPS) is 15.4. The number of methoxy groups -OCH3 is 1. The standard InChI is InChI=1S/C23H22ClFN2O6/c1-3-32-22(29)20-17(26-23(30)27-21(20)14-5-7-15(24)8-6-14)12-33-19(28)11-13-4-9-18(31-2)16(25)10-13/h4-10,21H,3,11-12H2,1-2H3,(H2,26,27,30). The Morgan fingerprint density at radius 2 is 1.85 bits per heavy atom. The molecule has 2 aromatic carbocycles. The molecule has 10 heteroatoms. The summed E-state index contributed by atoms with van der Waals surface area (Å²) in [6.45, 7) is 1.38. The van der Waals surface area contributed by atoms with E-state index in [1.807, 2.05) is 0 Å². The molecule has 2 N–H and O–H groups in total. The van der Waals surface area contributed by atoms with Gasteiger partial charge in [-0.2, -0.15) is 0 Å². The molecule has 174 valence electrons. The summed E-state index contributed by atoms with van der Waals surface area (Å²) in [5.41, 5.74) is 1.16. The van der Waals surface area contributed by atoms with Gasteiger partial charge in [0.2, 0.25) is 0 Å². The van der Waals surface area contributed by atoms with Crippen molar-refractivity contribution in [2.24, 2.45) is 0 Å². The average Bonchev–Trinajstić information content (AvgIpc) is 2.78. The predicted octanol–water partition coefficient (Wildman–Crippen LogP) is 3.44. The van der Waals surface area contributed by atoms with Crippen LogP contribution in [0.4, 0.5) is 9.18 Å². The van der Waals surface area contributed by atoms with E-state index in [1.54, 1.807) is 31.2 Å². The van der Waals surface area contributed by atoms with E-state index in [-0.39, 0.29) is 36.7 Å². The minimum atomic E-state index is -0.834. The van der Waals surface area contributed by atoms with Crippen molar-refractivity contribution >= 4 is 29.6 Å². The number of hydrogen-bond acceptors (Lipinski definition) is 6. The first-order valence-corrected chi connectivity index (χ1v) is 10.4. The quantitative estimate of drug-likeness (QED) is 0.566. The second-order valence-electron chi connectivity index (χ2n) is 7.00. The van der Waals surface area contributed by atoms with Crippen LogP contribution in [0.1, 0.15) is 24.1 Å². The van der Waals surface area contributed by atoms with Crippen LogP contribution in [0.2, 0.25) is 5.02 Å². The van der Waals surface area contributed by atoms with Gasteiger partial charge in [0, 0.05) is 5.02 Å². The number of hydrogen-bond donors (Lipinski definition) is 2. The van der Waals surface area contributed by atoms with Crippen molar-refractivity contribution in [3.63, 3.8) is 0 Å². The number of urea groups is 1. The highest BCUT2D eigenvalue weighted by Gasteiger charge is 2.34. The van der Waals surface area contributed by atoms with E-state index in [0.717, 1.165) is 0 Å². The Hall–Kier alpha value is -3.59. The minimum Gasteiger partial charge on any atom is -0.494 e. The van der Waals surface area contributed by atoms with Crippen molar-refractivity contribution in [3.05, 3.63) is 75.7 Å². The third kappa shape index (κ3) is 6.01. The van der Waals surface area contributed by atoms with Gasteiger partial charge in [0.25, 0.3) is 0 Å². The lowest BCUT2D eigenvalue weighted by Crippen LogP contribution is -2.47.